The van der Waals surface area contributed by atoms with Gasteiger partial charge in [0.05, 0.1) is 29.9 Å². The lowest BCUT2D eigenvalue weighted by atomic mass is 9.73. The first-order valence-electron chi connectivity index (χ1n) is 22.1. The number of benzene rings is 4. The maximum Gasteiger partial charge on any atom is 0.182 e. The van der Waals surface area contributed by atoms with Crippen LogP contribution in [0.4, 0.5) is 0 Å². The van der Waals surface area contributed by atoms with E-state index in [9.17, 15) is 30.3 Å². The number of Topliss-reactive ketones (excluding diaryl/α,β-unsaturated/α-hetero) is 1. The molecule has 8 nitrogen and oxygen atoms in total. The molecule has 0 saturated carbocycles. The van der Waals surface area contributed by atoms with Crippen molar-refractivity contribution in [3.05, 3.63) is 112 Å². The highest BCUT2D eigenvalue weighted by Crippen LogP contribution is 2.52. The second kappa shape index (κ2) is 23.8. The van der Waals surface area contributed by atoms with Gasteiger partial charge in [-0.3, -0.25) is 4.79 Å². The van der Waals surface area contributed by atoms with Crippen LogP contribution in [-0.4, -0.2) is 44.5 Å². The van der Waals surface area contributed by atoms with Crippen molar-refractivity contribution in [2.45, 2.75) is 122 Å². The Morgan fingerprint density at radius 3 is 1.20 bits per heavy atom. The number of ketones is 1. The molecule has 1 atom stereocenters. The van der Waals surface area contributed by atoms with Crippen molar-refractivity contribution in [2.24, 2.45) is 0 Å². The smallest absolute Gasteiger partial charge is 0.182 e. The second-order valence-electron chi connectivity index (χ2n) is 15.9. The summed E-state index contributed by atoms with van der Waals surface area (Å²) in [5.74, 6) is -2.44. The molecular formula is C52H64O8. The van der Waals surface area contributed by atoms with Gasteiger partial charge in [-0.25, -0.2) is 0 Å². The number of hydrogen-bond acceptors (Lipinski definition) is 8. The number of aliphatic hydroxyl groups excluding tert-OH is 1. The normalized spacial score (nSPS) is 14.0. The third-order valence-electron chi connectivity index (χ3n) is 11.1. The molecular weight excluding hydrogens is 753 g/mol. The molecule has 1 unspecified atom stereocenters. The molecule has 5 N–H and O–H groups in total. The molecule has 4 aromatic rings. The highest BCUT2D eigenvalue weighted by molar-refractivity contribution is 6.33. The van der Waals surface area contributed by atoms with Crippen molar-refractivity contribution >= 4 is 35.7 Å². The zero-order valence-corrected chi connectivity index (χ0v) is 35.5. The van der Waals surface area contributed by atoms with Crippen molar-refractivity contribution in [1.29, 1.82) is 0 Å². The Labute approximate surface area is 356 Å². The number of carbonyl (C=O) groups is 1. The Balaban J connectivity index is 1.13. The zero-order chi connectivity index (χ0) is 42.7. The molecule has 5 rings (SSSR count). The van der Waals surface area contributed by atoms with Gasteiger partial charge < -0.3 is 35.0 Å². The van der Waals surface area contributed by atoms with Gasteiger partial charge in [0.25, 0.3) is 0 Å². The molecule has 1 aliphatic rings. The fraction of sp³-hybridized carbons (Fsp3) is 0.404. The van der Waals surface area contributed by atoms with Gasteiger partial charge in [0, 0.05) is 0 Å². The van der Waals surface area contributed by atoms with E-state index in [0.29, 0.717) is 24.3 Å². The van der Waals surface area contributed by atoms with Gasteiger partial charge in [-0.05, 0) is 83.6 Å². The van der Waals surface area contributed by atoms with E-state index in [1.54, 1.807) is 12.2 Å². The monoisotopic (exact) mass is 816 g/mol. The summed E-state index contributed by atoms with van der Waals surface area (Å²) in [5.41, 5.74) is 2.09. The van der Waals surface area contributed by atoms with E-state index in [2.05, 4.69) is 13.8 Å². The van der Waals surface area contributed by atoms with Gasteiger partial charge in [0.1, 0.15) is 46.2 Å². The number of hydrogen-bond donors (Lipinski definition) is 5. The minimum atomic E-state index is -1.36. The van der Waals surface area contributed by atoms with Gasteiger partial charge in [0.2, 0.25) is 0 Å². The first-order valence-corrected chi connectivity index (χ1v) is 22.1. The van der Waals surface area contributed by atoms with Crippen LogP contribution in [0.2, 0.25) is 0 Å². The van der Waals surface area contributed by atoms with Crippen LogP contribution in [-0.2, 0) is 4.79 Å². The summed E-state index contributed by atoms with van der Waals surface area (Å²) in [6.07, 6.45) is 27.0. The minimum absolute atomic E-state index is 0.153. The Kier molecular flexibility index (Phi) is 18.1. The van der Waals surface area contributed by atoms with Gasteiger partial charge in [0.15, 0.2) is 5.78 Å². The Bertz CT molecular complexity index is 2010. The van der Waals surface area contributed by atoms with Crippen molar-refractivity contribution in [3.8, 4) is 34.5 Å². The molecule has 8 heteroatoms. The summed E-state index contributed by atoms with van der Waals surface area (Å²) in [6, 6.07) is 20.9. The summed E-state index contributed by atoms with van der Waals surface area (Å²) in [6.45, 7) is 5.83. The number of aromatic hydroxyl groups is 4. The second-order valence-corrected chi connectivity index (χ2v) is 15.9. The minimum Gasteiger partial charge on any atom is -0.510 e. The number of carbonyl (C=O) groups excluding carboxylic acids is 1. The van der Waals surface area contributed by atoms with E-state index in [-0.39, 0.29) is 28.2 Å². The Hall–Kier alpha value is -5.63. The first kappa shape index (κ1) is 45.5. The number of rotatable bonds is 26. The van der Waals surface area contributed by atoms with E-state index < -0.39 is 29.0 Å². The molecule has 0 aromatic heterocycles. The van der Waals surface area contributed by atoms with E-state index >= 15 is 0 Å². The molecule has 0 radical (unpaired) electrons. The largest absolute Gasteiger partial charge is 0.510 e. The maximum atomic E-state index is 13.4. The van der Waals surface area contributed by atoms with Gasteiger partial charge in [-0.1, -0.05) is 152 Å². The number of aliphatic hydroxyl groups is 1. The summed E-state index contributed by atoms with van der Waals surface area (Å²) in [7, 11) is 0. The lowest BCUT2D eigenvalue weighted by molar-refractivity contribution is -0.116. The zero-order valence-electron chi connectivity index (χ0n) is 35.5. The van der Waals surface area contributed by atoms with E-state index in [1.165, 1.54) is 114 Å². The van der Waals surface area contributed by atoms with Crippen LogP contribution in [0.5, 0.6) is 34.5 Å². The predicted octanol–water partition coefficient (Wildman–Crippen LogP) is 13.5. The molecule has 4 aromatic carbocycles. The van der Waals surface area contributed by atoms with Crippen molar-refractivity contribution in [1.82, 2.24) is 0 Å². The van der Waals surface area contributed by atoms with E-state index in [0.717, 1.165) is 35.5 Å². The number of phenolic OH excluding ortho intramolecular Hbond substituents is 4. The topological polar surface area (TPSA) is 137 Å². The number of phenols is 4. The van der Waals surface area contributed by atoms with Crippen LogP contribution in [0.25, 0.3) is 29.9 Å². The van der Waals surface area contributed by atoms with Gasteiger partial charge >= 0.3 is 0 Å². The summed E-state index contributed by atoms with van der Waals surface area (Å²) in [4.78, 5) is 13.4. The lowest BCUT2D eigenvalue weighted by Gasteiger charge is -2.30. The fourth-order valence-corrected chi connectivity index (χ4v) is 7.59. The average Bonchev–Trinajstić information content (AvgIpc) is 3.24. The Morgan fingerprint density at radius 1 is 0.467 bits per heavy atom. The molecule has 320 valence electrons. The molecule has 0 bridgehead atoms. The molecule has 60 heavy (non-hydrogen) atoms. The Morgan fingerprint density at radius 2 is 0.817 bits per heavy atom. The van der Waals surface area contributed by atoms with E-state index in [4.69, 9.17) is 9.47 Å². The standard InChI is InChI=1S/C52H64O8/c1-3-5-7-9-11-13-15-17-31-59-41-27-23-37(24-28-41)19-21-39-33-43(53)47(44(54)34-39)49-51(57)50(52(49)58)48-45(55)35-40(36-46(48)56)22-20-38-25-29-42(30-26-38)60-32-18-16-14-12-10-8-6-4-2/h19-30,33-36,49,53-57H,3-18,31-32H2,1-2H3/b21-19+,22-20+. The fourth-order valence-electron chi connectivity index (χ4n) is 7.59. The molecule has 0 heterocycles. The highest BCUT2D eigenvalue weighted by Gasteiger charge is 2.46. The molecule has 0 fully saturated rings. The molecule has 0 spiro atoms. The van der Waals surface area contributed by atoms with Crippen LogP contribution in [0.3, 0.4) is 0 Å². The summed E-state index contributed by atoms with van der Waals surface area (Å²) < 4.78 is 11.8. The molecule has 0 amide bonds. The number of ether oxygens (including phenoxy) is 2. The average molecular weight is 817 g/mol. The van der Waals surface area contributed by atoms with Crippen LogP contribution in [0, 0.1) is 0 Å². The molecule has 0 aliphatic heterocycles. The number of allylic oxidation sites excluding steroid dienone is 2. The molecule has 1 aliphatic carbocycles. The summed E-state index contributed by atoms with van der Waals surface area (Å²) in [5, 5.41) is 54.7. The maximum absolute atomic E-state index is 13.4. The number of unbranched alkanes of at least 4 members (excludes halogenated alkanes) is 14. The highest BCUT2D eigenvalue weighted by atomic mass is 16.5. The van der Waals surface area contributed by atoms with Crippen LogP contribution in [0.15, 0.2) is 78.6 Å². The predicted molar refractivity (Wildman–Crippen MR) is 244 cm³/mol. The van der Waals surface area contributed by atoms with Crippen molar-refractivity contribution in [2.75, 3.05) is 13.2 Å². The lowest BCUT2D eigenvalue weighted by Crippen LogP contribution is -2.28. The SMILES string of the molecule is CCCCCCCCCCOc1ccc(/C=C/c2cc(O)c(C3=C(O)C(c4c(O)cc(/C=C/c5ccc(OCCCCCCCCCC)cc5)cc4O)C3=O)c(O)c2)cc1. The van der Waals surface area contributed by atoms with Crippen molar-refractivity contribution in [3.63, 3.8) is 0 Å². The quantitative estimate of drug-likeness (QED) is 0.0312. The third-order valence-corrected chi connectivity index (χ3v) is 11.1. The summed E-state index contributed by atoms with van der Waals surface area (Å²) >= 11 is 0. The van der Waals surface area contributed by atoms with Gasteiger partial charge in [-0.15, -0.1) is 0 Å². The molecule has 0 saturated heterocycles. The van der Waals surface area contributed by atoms with Crippen LogP contribution >= 0.6 is 0 Å². The van der Waals surface area contributed by atoms with Gasteiger partial charge in [-0.2, -0.15) is 0 Å². The van der Waals surface area contributed by atoms with Crippen molar-refractivity contribution < 1.29 is 39.8 Å². The van der Waals surface area contributed by atoms with Crippen LogP contribution < -0.4 is 9.47 Å². The third kappa shape index (κ3) is 13.2. The van der Waals surface area contributed by atoms with Crippen LogP contribution in [0.1, 0.15) is 156 Å². The van der Waals surface area contributed by atoms with E-state index in [1.807, 2.05) is 60.7 Å². The first-order chi connectivity index (χ1) is 29.2.